The lowest BCUT2D eigenvalue weighted by molar-refractivity contribution is 0.151. The van der Waals surface area contributed by atoms with Crippen LogP contribution in [0.4, 0.5) is 0 Å². The molecule has 2 rings (SSSR count). The molecule has 0 spiro atoms. The molecule has 0 radical (unpaired) electrons. The van der Waals surface area contributed by atoms with E-state index >= 15 is 0 Å². The third kappa shape index (κ3) is 3.77. The summed E-state index contributed by atoms with van der Waals surface area (Å²) in [5.74, 6) is 0.686. The van der Waals surface area contributed by atoms with Crippen LogP contribution in [0.3, 0.4) is 0 Å². The molecule has 4 heteroatoms. The minimum Gasteiger partial charge on any atom is -0.314 e. The van der Waals surface area contributed by atoms with E-state index in [0.717, 1.165) is 30.8 Å². The number of hydrogen-bond donors (Lipinski definition) is 1. The SMILES string of the molecule is CC(C)C[C@@H](c1cccc(Br)n1)N1CCNCC1. The maximum atomic E-state index is 4.66. The summed E-state index contributed by atoms with van der Waals surface area (Å²) in [7, 11) is 0. The van der Waals surface area contributed by atoms with Crippen LogP contribution in [-0.2, 0) is 0 Å². The molecule has 0 saturated carbocycles. The second-order valence-corrected chi connectivity index (χ2v) is 6.13. The van der Waals surface area contributed by atoms with Gasteiger partial charge in [0.15, 0.2) is 0 Å². The number of aromatic nitrogens is 1. The predicted octanol–water partition coefficient (Wildman–Crippen LogP) is 2.84. The molecule has 1 aromatic heterocycles. The first kappa shape index (κ1) is 14.0. The van der Waals surface area contributed by atoms with Gasteiger partial charge in [-0.05, 0) is 40.4 Å². The van der Waals surface area contributed by atoms with Gasteiger partial charge in [0.1, 0.15) is 4.60 Å². The zero-order valence-corrected chi connectivity index (χ0v) is 12.8. The Morgan fingerprint density at radius 2 is 2.06 bits per heavy atom. The Bertz CT molecular complexity index is 375. The molecule has 0 aromatic carbocycles. The van der Waals surface area contributed by atoms with Crippen molar-refractivity contribution >= 4 is 15.9 Å². The molecular formula is C14H22BrN3. The van der Waals surface area contributed by atoms with Crippen LogP contribution in [0.2, 0.25) is 0 Å². The zero-order chi connectivity index (χ0) is 13.0. The Kier molecular flexibility index (Phi) is 5.15. The summed E-state index contributed by atoms with van der Waals surface area (Å²) >= 11 is 3.48. The smallest absolute Gasteiger partial charge is 0.106 e. The molecule has 0 aliphatic carbocycles. The van der Waals surface area contributed by atoms with Gasteiger partial charge in [0, 0.05) is 26.2 Å². The van der Waals surface area contributed by atoms with Crippen LogP contribution in [0.15, 0.2) is 22.8 Å². The monoisotopic (exact) mass is 311 g/mol. The second-order valence-electron chi connectivity index (χ2n) is 5.32. The Hall–Kier alpha value is -0.450. The highest BCUT2D eigenvalue weighted by atomic mass is 79.9. The number of rotatable bonds is 4. The highest BCUT2D eigenvalue weighted by Crippen LogP contribution is 2.27. The van der Waals surface area contributed by atoms with E-state index in [-0.39, 0.29) is 0 Å². The second kappa shape index (κ2) is 6.64. The normalized spacial score (nSPS) is 19.1. The van der Waals surface area contributed by atoms with Crippen LogP contribution in [0.1, 0.15) is 32.0 Å². The molecule has 0 unspecified atom stereocenters. The van der Waals surface area contributed by atoms with E-state index in [4.69, 9.17) is 0 Å². The van der Waals surface area contributed by atoms with Crippen LogP contribution in [-0.4, -0.2) is 36.1 Å². The molecule has 1 atom stereocenters. The third-order valence-corrected chi connectivity index (χ3v) is 3.81. The lowest BCUT2D eigenvalue weighted by Gasteiger charge is -2.35. The van der Waals surface area contributed by atoms with Crippen molar-refractivity contribution in [2.45, 2.75) is 26.3 Å². The van der Waals surface area contributed by atoms with Gasteiger partial charge in [0.2, 0.25) is 0 Å². The van der Waals surface area contributed by atoms with Gasteiger partial charge in [-0.3, -0.25) is 4.90 Å². The average Bonchev–Trinajstić information content (AvgIpc) is 2.37. The van der Waals surface area contributed by atoms with Gasteiger partial charge in [-0.15, -0.1) is 0 Å². The molecule has 0 bridgehead atoms. The summed E-state index contributed by atoms with van der Waals surface area (Å²) < 4.78 is 0.934. The fraction of sp³-hybridized carbons (Fsp3) is 0.643. The number of halogens is 1. The summed E-state index contributed by atoms with van der Waals surface area (Å²) in [5, 5.41) is 3.41. The molecule has 2 heterocycles. The molecule has 1 saturated heterocycles. The molecule has 0 amide bonds. The lowest BCUT2D eigenvalue weighted by Crippen LogP contribution is -2.45. The van der Waals surface area contributed by atoms with Crippen LogP contribution in [0.25, 0.3) is 0 Å². The standard InChI is InChI=1S/C14H22BrN3/c1-11(2)10-13(18-8-6-16-7-9-18)12-4-3-5-14(15)17-12/h3-5,11,13,16H,6-10H2,1-2H3/t13-/m0/s1. The molecule has 1 N–H and O–H groups in total. The predicted molar refractivity (Wildman–Crippen MR) is 78.6 cm³/mol. The van der Waals surface area contributed by atoms with Crippen molar-refractivity contribution in [1.82, 2.24) is 15.2 Å². The molecular weight excluding hydrogens is 290 g/mol. The van der Waals surface area contributed by atoms with E-state index in [2.05, 4.69) is 57.1 Å². The van der Waals surface area contributed by atoms with Crippen molar-refractivity contribution in [2.75, 3.05) is 26.2 Å². The van der Waals surface area contributed by atoms with Crippen molar-refractivity contribution in [2.24, 2.45) is 5.92 Å². The maximum Gasteiger partial charge on any atom is 0.106 e. The Morgan fingerprint density at radius 1 is 1.33 bits per heavy atom. The Labute approximate surface area is 118 Å². The van der Waals surface area contributed by atoms with Gasteiger partial charge < -0.3 is 5.32 Å². The molecule has 1 aliphatic rings. The van der Waals surface area contributed by atoms with Crippen molar-refractivity contribution < 1.29 is 0 Å². The average molecular weight is 312 g/mol. The highest BCUT2D eigenvalue weighted by Gasteiger charge is 2.24. The first-order chi connectivity index (χ1) is 8.66. The van der Waals surface area contributed by atoms with Gasteiger partial charge in [0.25, 0.3) is 0 Å². The Balaban J connectivity index is 2.18. The van der Waals surface area contributed by atoms with Gasteiger partial charge in [0.05, 0.1) is 11.7 Å². The molecule has 3 nitrogen and oxygen atoms in total. The summed E-state index contributed by atoms with van der Waals surface area (Å²) in [6.07, 6.45) is 1.17. The molecule has 1 aliphatic heterocycles. The lowest BCUT2D eigenvalue weighted by atomic mass is 9.98. The van der Waals surface area contributed by atoms with E-state index in [1.807, 2.05) is 6.07 Å². The quantitative estimate of drug-likeness (QED) is 0.867. The first-order valence-electron chi connectivity index (χ1n) is 6.74. The van der Waals surface area contributed by atoms with Crippen LogP contribution >= 0.6 is 15.9 Å². The molecule has 100 valence electrons. The van der Waals surface area contributed by atoms with Crippen molar-refractivity contribution in [3.63, 3.8) is 0 Å². The van der Waals surface area contributed by atoms with Crippen molar-refractivity contribution in [1.29, 1.82) is 0 Å². The fourth-order valence-corrected chi connectivity index (χ4v) is 2.86. The highest BCUT2D eigenvalue weighted by molar-refractivity contribution is 9.10. The Morgan fingerprint density at radius 3 is 2.67 bits per heavy atom. The first-order valence-corrected chi connectivity index (χ1v) is 7.53. The summed E-state index contributed by atoms with van der Waals surface area (Å²) in [4.78, 5) is 7.22. The number of hydrogen-bond acceptors (Lipinski definition) is 3. The number of nitrogens with zero attached hydrogens (tertiary/aromatic N) is 2. The van der Waals surface area contributed by atoms with E-state index in [0.29, 0.717) is 12.0 Å². The topological polar surface area (TPSA) is 28.2 Å². The zero-order valence-electron chi connectivity index (χ0n) is 11.2. The van der Waals surface area contributed by atoms with Gasteiger partial charge in [-0.1, -0.05) is 19.9 Å². The number of nitrogens with one attached hydrogen (secondary N) is 1. The fourth-order valence-electron chi connectivity index (χ4n) is 2.51. The van der Waals surface area contributed by atoms with Crippen LogP contribution < -0.4 is 5.32 Å². The maximum absolute atomic E-state index is 4.66. The number of piperazine rings is 1. The van der Waals surface area contributed by atoms with E-state index < -0.39 is 0 Å². The van der Waals surface area contributed by atoms with Crippen molar-refractivity contribution in [3.8, 4) is 0 Å². The van der Waals surface area contributed by atoms with Gasteiger partial charge in [-0.2, -0.15) is 0 Å². The summed E-state index contributed by atoms with van der Waals surface area (Å²) in [6.45, 7) is 8.97. The van der Waals surface area contributed by atoms with Gasteiger partial charge in [-0.25, -0.2) is 4.98 Å². The third-order valence-electron chi connectivity index (χ3n) is 3.37. The van der Waals surface area contributed by atoms with Gasteiger partial charge >= 0.3 is 0 Å². The van der Waals surface area contributed by atoms with E-state index in [9.17, 15) is 0 Å². The van der Waals surface area contributed by atoms with E-state index in [1.54, 1.807) is 0 Å². The minimum absolute atomic E-state index is 0.449. The number of pyridine rings is 1. The largest absolute Gasteiger partial charge is 0.314 e. The van der Waals surface area contributed by atoms with E-state index in [1.165, 1.54) is 12.1 Å². The van der Waals surface area contributed by atoms with Crippen LogP contribution in [0, 0.1) is 5.92 Å². The van der Waals surface area contributed by atoms with Crippen molar-refractivity contribution in [3.05, 3.63) is 28.5 Å². The molecule has 1 aromatic rings. The molecule has 18 heavy (non-hydrogen) atoms. The minimum atomic E-state index is 0.449. The van der Waals surface area contributed by atoms with Crippen LogP contribution in [0.5, 0.6) is 0 Å². The summed E-state index contributed by atoms with van der Waals surface area (Å²) in [5.41, 5.74) is 1.19. The molecule has 1 fully saturated rings. The summed E-state index contributed by atoms with van der Waals surface area (Å²) in [6, 6.07) is 6.68.